The molecule has 0 saturated heterocycles. The van der Waals surface area contributed by atoms with E-state index in [1.807, 2.05) is 0 Å². The maximum atomic E-state index is 12.2. The molecule has 0 saturated carbocycles. The van der Waals surface area contributed by atoms with E-state index in [9.17, 15) is 18.0 Å². The Morgan fingerprint density at radius 3 is 2.12 bits per heavy atom. The largest absolute Gasteiger partial charge is 0.326 e. The highest BCUT2D eigenvalue weighted by Crippen LogP contribution is 2.11. The second-order valence-electron chi connectivity index (χ2n) is 5.47. The fraction of sp³-hybridized carbons (Fsp3) is 0.158. The first-order valence-corrected chi connectivity index (χ1v) is 9.23. The molecule has 2 N–H and O–H groups in total. The summed E-state index contributed by atoms with van der Waals surface area (Å²) in [4.78, 5) is 22.2. The SMILES string of the molecule is CC(=O)Nc1ccc(C#CCNS(=O)(=O)c2ccc(C(C)=O)cc2)cc1. The van der Waals surface area contributed by atoms with Crippen LogP contribution in [0.1, 0.15) is 29.8 Å². The Labute approximate surface area is 152 Å². The van der Waals surface area contributed by atoms with Gasteiger partial charge in [0.15, 0.2) is 5.78 Å². The number of amides is 1. The summed E-state index contributed by atoms with van der Waals surface area (Å²) in [5.74, 6) is 5.29. The number of hydrogen-bond acceptors (Lipinski definition) is 4. The van der Waals surface area contributed by atoms with Crippen molar-refractivity contribution in [2.24, 2.45) is 0 Å². The molecule has 7 heteroatoms. The number of sulfonamides is 1. The van der Waals surface area contributed by atoms with Crippen LogP contribution in [0, 0.1) is 11.8 Å². The van der Waals surface area contributed by atoms with Crippen molar-refractivity contribution in [1.29, 1.82) is 0 Å². The third kappa shape index (κ3) is 5.55. The molecule has 6 nitrogen and oxygen atoms in total. The van der Waals surface area contributed by atoms with Gasteiger partial charge in [-0.25, -0.2) is 8.42 Å². The zero-order valence-electron chi connectivity index (χ0n) is 14.4. The summed E-state index contributed by atoms with van der Waals surface area (Å²) >= 11 is 0. The lowest BCUT2D eigenvalue weighted by Gasteiger charge is -2.04. The highest BCUT2D eigenvalue weighted by Gasteiger charge is 2.12. The van der Waals surface area contributed by atoms with E-state index in [0.29, 0.717) is 16.8 Å². The Morgan fingerprint density at radius 2 is 1.58 bits per heavy atom. The molecule has 0 spiro atoms. The molecule has 0 aromatic heterocycles. The molecule has 26 heavy (non-hydrogen) atoms. The van der Waals surface area contributed by atoms with E-state index >= 15 is 0 Å². The first-order valence-electron chi connectivity index (χ1n) is 7.75. The van der Waals surface area contributed by atoms with Crippen LogP contribution in [0.5, 0.6) is 0 Å². The van der Waals surface area contributed by atoms with Gasteiger partial charge in [0, 0.05) is 23.7 Å². The van der Waals surface area contributed by atoms with Crippen LogP contribution in [0.4, 0.5) is 5.69 Å². The van der Waals surface area contributed by atoms with Crippen LogP contribution in [-0.2, 0) is 14.8 Å². The van der Waals surface area contributed by atoms with Crippen molar-refractivity contribution >= 4 is 27.4 Å². The maximum absolute atomic E-state index is 12.2. The lowest BCUT2D eigenvalue weighted by Crippen LogP contribution is -2.24. The molecule has 0 radical (unpaired) electrons. The smallest absolute Gasteiger partial charge is 0.241 e. The van der Waals surface area contributed by atoms with E-state index in [1.165, 1.54) is 38.1 Å². The van der Waals surface area contributed by atoms with Gasteiger partial charge in [-0.15, -0.1) is 0 Å². The monoisotopic (exact) mass is 370 g/mol. The molecule has 0 aliphatic rings. The second kappa shape index (κ2) is 8.43. The Bertz CT molecular complexity index is 967. The zero-order valence-corrected chi connectivity index (χ0v) is 15.2. The minimum Gasteiger partial charge on any atom is -0.326 e. The van der Waals surface area contributed by atoms with Gasteiger partial charge in [-0.1, -0.05) is 24.0 Å². The summed E-state index contributed by atoms with van der Waals surface area (Å²) in [6.45, 7) is 2.79. The maximum Gasteiger partial charge on any atom is 0.241 e. The number of carbonyl (C=O) groups is 2. The molecule has 0 atom stereocenters. The summed E-state index contributed by atoms with van der Waals surface area (Å²) in [6, 6.07) is 12.6. The number of Topliss-reactive ketones (excluding diaryl/α,β-unsaturated/α-hetero) is 1. The van der Waals surface area contributed by atoms with Gasteiger partial charge in [0.1, 0.15) is 0 Å². The lowest BCUT2D eigenvalue weighted by atomic mass is 10.2. The van der Waals surface area contributed by atoms with Gasteiger partial charge in [-0.2, -0.15) is 4.72 Å². The predicted octanol–water partition coefficient (Wildman–Crippen LogP) is 2.18. The normalized spacial score (nSPS) is 10.5. The minimum absolute atomic E-state index is 0.0513. The Hall–Kier alpha value is -2.95. The van der Waals surface area contributed by atoms with E-state index in [0.717, 1.165) is 0 Å². The number of ketones is 1. The molecular formula is C19H18N2O4S. The third-order valence-corrected chi connectivity index (χ3v) is 4.78. The van der Waals surface area contributed by atoms with E-state index in [-0.39, 0.29) is 23.1 Å². The highest BCUT2D eigenvalue weighted by molar-refractivity contribution is 7.89. The van der Waals surface area contributed by atoms with Gasteiger partial charge in [0.2, 0.25) is 15.9 Å². The fourth-order valence-corrected chi connectivity index (χ4v) is 2.99. The van der Waals surface area contributed by atoms with Crippen molar-refractivity contribution in [2.75, 3.05) is 11.9 Å². The summed E-state index contributed by atoms with van der Waals surface area (Å²) in [7, 11) is -3.69. The molecule has 0 bridgehead atoms. The van der Waals surface area contributed by atoms with Crippen LogP contribution < -0.4 is 10.0 Å². The third-order valence-electron chi connectivity index (χ3n) is 3.36. The molecule has 2 aromatic rings. The van der Waals surface area contributed by atoms with Gasteiger partial charge in [0.25, 0.3) is 0 Å². The van der Waals surface area contributed by atoms with E-state index < -0.39 is 10.0 Å². The quantitative estimate of drug-likeness (QED) is 0.623. The van der Waals surface area contributed by atoms with E-state index in [1.54, 1.807) is 24.3 Å². The van der Waals surface area contributed by atoms with Crippen LogP contribution in [0.3, 0.4) is 0 Å². The molecule has 134 valence electrons. The van der Waals surface area contributed by atoms with Gasteiger partial charge < -0.3 is 5.32 Å². The van der Waals surface area contributed by atoms with Crippen LogP contribution in [0.25, 0.3) is 0 Å². The minimum atomic E-state index is -3.69. The van der Waals surface area contributed by atoms with Crippen LogP contribution in [0.15, 0.2) is 53.4 Å². The molecule has 0 heterocycles. The standard InChI is InChI=1S/C19H18N2O4S/c1-14(22)17-7-11-19(12-8-17)26(24,25)20-13-3-4-16-5-9-18(10-6-16)21-15(2)23/h5-12,20H,13H2,1-2H3,(H,21,23). The summed E-state index contributed by atoms with van der Waals surface area (Å²) in [5.41, 5.74) is 1.81. The molecule has 0 aliphatic heterocycles. The van der Waals surface area contributed by atoms with Crippen molar-refractivity contribution < 1.29 is 18.0 Å². The van der Waals surface area contributed by atoms with Crippen LogP contribution in [-0.4, -0.2) is 26.7 Å². The van der Waals surface area contributed by atoms with E-state index in [2.05, 4.69) is 21.9 Å². The van der Waals surface area contributed by atoms with Gasteiger partial charge in [-0.05, 0) is 43.3 Å². The summed E-state index contributed by atoms with van der Waals surface area (Å²) < 4.78 is 26.7. The van der Waals surface area contributed by atoms with E-state index in [4.69, 9.17) is 0 Å². The number of carbonyl (C=O) groups excluding carboxylic acids is 2. The number of rotatable bonds is 5. The van der Waals surface area contributed by atoms with Gasteiger partial charge in [0.05, 0.1) is 11.4 Å². The number of anilines is 1. The molecule has 0 aliphatic carbocycles. The Balaban J connectivity index is 1.97. The zero-order chi connectivity index (χ0) is 19.2. The fourth-order valence-electron chi connectivity index (χ4n) is 2.07. The van der Waals surface area contributed by atoms with Gasteiger partial charge in [-0.3, -0.25) is 9.59 Å². The van der Waals surface area contributed by atoms with Gasteiger partial charge >= 0.3 is 0 Å². The lowest BCUT2D eigenvalue weighted by molar-refractivity contribution is -0.114. The van der Waals surface area contributed by atoms with Crippen molar-refractivity contribution in [3.05, 3.63) is 59.7 Å². The number of hydrogen-bond donors (Lipinski definition) is 2. The molecule has 0 fully saturated rings. The molecule has 1 amide bonds. The summed E-state index contributed by atoms with van der Waals surface area (Å²) in [6.07, 6.45) is 0. The number of nitrogens with one attached hydrogen (secondary N) is 2. The molecular weight excluding hydrogens is 352 g/mol. The van der Waals surface area contributed by atoms with Crippen LogP contribution in [0.2, 0.25) is 0 Å². The summed E-state index contributed by atoms with van der Waals surface area (Å²) in [5, 5.41) is 2.65. The van der Waals surface area contributed by atoms with Crippen molar-refractivity contribution in [2.45, 2.75) is 18.7 Å². The predicted molar refractivity (Wildman–Crippen MR) is 99.3 cm³/mol. The average Bonchev–Trinajstić information content (AvgIpc) is 2.60. The molecule has 2 rings (SSSR count). The van der Waals surface area contributed by atoms with Crippen molar-refractivity contribution in [3.8, 4) is 11.8 Å². The van der Waals surface area contributed by atoms with Crippen LogP contribution >= 0.6 is 0 Å². The molecule has 2 aromatic carbocycles. The average molecular weight is 370 g/mol. The first-order chi connectivity index (χ1) is 12.3. The molecule has 0 unspecified atom stereocenters. The second-order valence-corrected chi connectivity index (χ2v) is 7.23. The van der Waals surface area contributed by atoms with Crippen molar-refractivity contribution in [1.82, 2.24) is 4.72 Å². The van der Waals surface area contributed by atoms with Crippen molar-refractivity contribution in [3.63, 3.8) is 0 Å². The highest BCUT2D eigenvalue weighted by atomic mass is 32.2. The Kier molecular flexibility index (Phi) is 6.28. The first kappa shape index (κ1) is 19.4. The Morgan fingerprint density at radius 1 is 0.962 bits per heavy atom. The number of benzene rings is 2. The topological polar surface area (TPSA) is 92.3 Å².